The summed E-state index contributed by atoms with van der Waals surface area (Å²) in [4.78, 5) is 50.8. The summed E-state index contributed by atoms with van der Waals surface area (Å²) >= 11 is 0.959. The summed E-state index contributed by atoms with van der Waals surface area (Å²) in [7, 11) is 5.35. The van der Waals surface area contributed by atoms with Crippen molar-refractivity contribution in [2.45, 2.75) is 0 Å². The fourth-order valence-corrected chi connectivity index (χ4v) is 3.92. The summed E-state index contributed by atoms with van der Waals surface area (Å²) in [6, 6.07) is 0. The van der Waals surface area contributed by atoms with E-state index in [1.165, 1.54) is 26.2 Å². The van der Waals surface area contributed by atoms with Gasteiger partial charge in [-0.25, -0.2) is 0 Å². The number of nitrogens with zero attached hydrogens (tertiary/aromatic N) is 2. The molecule has 0 spiro atoms. The minimum absolute atomic E-state index is 0.0700. The Morgan fingerprint density at radius 3 is 1.04 bits per heavy atom. The highest BCUT2D eigenvalue weighted by Crippen LogP contribution is 2.06. The molecule has 0 aromatic carbocycles. The average Bonchev–Trinajstić information content (AvgIpc) is 3.07. The lowest BCUT2D eigenvalue weighted by molar-refractivity contribution is -0.147. The van der Waals surface area contributed by atoms with Crippen molar-refractivity contribution in [3.8, 4) is 0 Å². The zero-order valence-corrected chi connectivity index (χ0v) is 29.1. The lowest BCUT2D eigenvalue weighted by Crippen LogP contribution is -2.43. The highest BCUT2D eigenvalue weighted by Gasteiger charge is 2.20. The van der Waals surface area contributed by atoms with Crippen LogP contribution in [0.3, 0.4) is 0 Å². The van der Waals surface area contributed by atoms with Crippen molar-refractivity contribution in [3.63, 3.8) is 0 Å². The number of thioether (sulfide) groups is 1. The van der Waals surface area contributed by atoms with Crippen LogP contribution < -0.4 is 0 Å². The molecule has 47 heavy (non-hydrogen) atoms. The van der Waals surface area contributed by atoms with Crippen molar-refractivity contribution in [2.75, 3.05) is 166 Å². The number of ether oxygens (including phenoxy) is 11. The second kappa shape index (κ2) is 33.9. The minimum Gasteiger partial charge on any atom is -0.468 e. The number of rotatable bonds is 34. The van der Waals surface area contributed by atoms with Crippen LogP contribution in [0.25, 0.3) is 0 Å². The maximum Gasteiger partial charge on any atom is 0.319 e. The van der Waals surface area contributed by atoms with Crippen LogP contribution in [0.4, 0.5) is 0 Å². The van der Waals surface area contributed by atoms with Crippen LogP contribution in [0, 0.1) is 0 Å². The molecule has 276 valence electrons. The molecule has 0 aromatic rings. The molecule has 0 heterocycles. The summed E-state index contributed by atoms with van der Waals surface area (Å²) in [5.74, 6) is -1.49. The maximum atomic E-state index is 12.5. The maximum absolute atomic E-state index is 12.5. The van der Waals surface area contributed by atoms with E-state index in [1.54, 1.807) is 12.0 Å². The second-order valence-electron chi connectivity index (χ2n) is 9.36. The van der Waals surface area contributed by atoms with Gasteiger partial charge in [-0.15, -0.1) is 0 Å². The zero-order chi connectivity index (χ0) is 34.8. The Balaban J connectivity index is 3.85. The van der Waals surface area contributed by atoms with Gasteiger partial charge >= 0.3 is 17.9 Å². The van der Waals surface area contributed by atoms with Crippen molar-refractivity contribution in [1.29, 1.82) is 0 Å². The highest BCUT2D eigenvalue weighted by atomic mass is 32.2. The molecule has 17 nitrogen and oxygen atoms in total. The number of carbonyl (C=O) groups excluding carboxylic acids is 4. The van der Waals surface area contributed by atoms with Gasteiger partial charge in [0.2, 0.25) is 5.12 Å². The van der Waals surface area contributed by atoms with Gasteiger partial charge in [0, 0.05) is 20.2 Å². The van der Waals surface area contributed by atoms with Gasteiger partial charge in [-0.05, 0) is 0 Å². The number of methoxy groups -OCH3 is 4. The third-order valence-corrected chi connectivity index (χ3v) is 6.53. The second-order valence-corrected chi connectivity index (χ2v) is 10.3. The first-order valence-corrected chi connectivity index (χ1v) is 16.2. The lowest BCUT2D eigenvalue weighted by Gasteiger charge is -2.25. The minimum atomic E-state index is -0.536. The highest BCUT2D eigenvalue weighted by molar-refractivity contribution is 8.13. The number of hydrogen-bond donors (Lipinski definition) is 0. The quantitative estimate of drug-likeness (QED) is 0.0348. The van der Waals surface area contributed by atoms with Gasteiger partial charge in [0.15, 0.2) is 0 Å². The van der Waals surface area contributed by atoms with Gasteiger partial charge in [-0.2, -0.15) is 0 Å². The first kappa shape index (κ1) is 45.0. The van der Waals surface area contributed by atoms with Crippen molar-refractivity contribution in [2.24, 2.45) is 0 Å². The first-order valence-electron chi connectivity index (χ1n) is 15.2. The van der Waals surface area contributed by atoms with Crippen molar-refractivity contribution in [3.05, 3.63) is 0 Å². The van der Waals surface area contributed by atoms with E-state index in [-0.39, 0.29) is 50.3 Å². The van der Waals surface area contributed by atoms with Crippen molar-refractivity contribution < 1.29 is 71.3 Å². The molecule has 0 aliphatic heterocycles. The van der Waals surface area contributed by atoms with Gasteiger partial charge in [0.05, 0.1) is 146 Å². The fraction of sp³-hybridized carbons (Fsp3) is 0.862. The number of carbonyl (C=O) groups is 4. The molecule has 0 radical (unpaired) electrons. The predicted octanol–water partition coefficient (Wildman–Crippen LogP) is -0.911. The molecule has 0 atom stereocenters. The molecule has 0 bridgehead atoms. The molecular weight excluding hydrogens is 648 g/mol. The van der Waals surface area contributed by atoms with Crippen LogP contribution in [-0.2, 0) is 71.3 Å². The molecule has 0 fully saturated rings. The van der Waals surface area contributed by atoms with E-state index in [9.17, 15) is 19.2 Å². The zero-order valence-electron chi connectivity index (χ0n) is 28.3. The Morgan fingerprint density at radius 1 is 0.426 bits per heavy atom. The first-order chi connectivity index (χ1) is 22.9. The molecule has 0 aliphatic rings. The van der Waals surface area contributed by atoms with E-state index >= 15 is 0 Å². The largest absolute Gasteiger partial charge is 0.468 e. The molecular formula is C29H54N2O15S. The van der Waals surface area contributed by atoms with Gasteiger partial charge < -0.3 is 52.1 Å². The number of hydrogen-bond acceptors (Lipinski definition) is 18. The van der Waals surface area contributed by atoms with Crippen LogP contribution in [0.5, 0.6) is 0 Å². The van der Waals surface area contributed by atoms with E-state index in [0.717, 1.165) is 11.8 Å². The van der Waals surface area contributed by atoms with Crippen molar-refractivity contribution >= 4 is 34.8 Å². The smallest absolute Gasteiger partial charge is 0.319 e. The normalized spacial score (nSPS) is 11.3. The van der Waals surface area contributed by atoms with Gasteiger partial charge in [-0.3, -0.25) is 29.0 Å². The standard InChI is InChI=1S/C29H54N2O15S/c1-36-7-8-40-9-10-41-11-12-42-13-14-43-15-16-44-17-18-45-19-20-46-25-47-29(35)24-31(23-28(34)39-4)6-5-30(21-26(32)37-2)22-27(33)38-3/h5-25H2,1-4H3. The van der Waals surface area contributed by atoms with E-state index in [1.807, 2.05) is 0 Å². The fourth-order valence-electron chi connectivity index (χ4n) is 3.31. The summed E-state index contributed by atoms with van der Waals surface area (Å²) in [5, 5.41) is -0.228. The molecule has 0 amide bonds. The Bertz CT molecular complexity index is 779. The van der Waals surface area contributed by atoms with E-state index in [4.69, 9.17) is 42.6 Å². The SMILES string of the molecule is COCCOCCOCCOCCOCCOCCOCCOCSC(=O)CN(CCN(CC(=O)OC)CC(=O)OC)CC(=O)OC. The Labute approximate surface area is 281 Å². The predicted molar refractivity (Wildman–Crippen MR) is 169 cm³/mol. The molecule has 0 unspecified atom stereocenters. The molecule has 0 aliphatic carbocycles. The molecule has 18 heteroatoms. The Kier molecular flexibility index (Phi) is 32.5. The molecule has 0 rings (SSSR count). The summed E-state index contributed by atoms with van der Waals surface area (Å²) in [6.45, 7) is 6.29. The Morgan fingerprint density at radius 2 is 0.723 bits per heavy atom. The monoisotopic (exact) mass is 702 g/mol. The van der Waals surface area contributed by atoms with Gasteiger partial charge in [-0.1, -0.05) is 11.8 Å². The van der Waals surface area contributed by atoms with E-state index < -0.39 is 17.9 Å². The van der Waals surface area contributed by atoms with E-state index in [2.05, 4.69) is 9.47 Å². The number of esters is 3. The van der Waals surface area contributed by atoms with Crippen LogP contribution in [0.1, 0.15) is 0 Å². The summed E-state index contributed by atoms with van der Waals surface area (Å²) in [5.41, 5.74) is 0. The third-order valence-electron chi connectivity index (χ3n) is 5.79. The van der Waals surface area contributed by atoms with Crippen LogP contribution >= 0.6 is 11.8 Å². The average molecular weight is 703 g/mol. The summed E-state index contributed by atoms with van der Waals surface area (Å²) < 4.78 is 56.8. The van der Waals surface area contributed by atoms with Crippen LogP contribution in [-0.4, -0.2) is 199 Å². The van der Waals surface area contributed by atoms with Crippen molar-refractivity contribution in [1.82, 2.24) is 9.80 Å². The lowest BCUT2D eigenvalue weighted by atomic mass is 10.4. The summed E-state index contributed by atoms with van der Waals surface area (Å²) in [6.07, 6.45) is 0. The topological polar surface area (TPSA) is 176 Å². The van der Waals surface area contributed by atoms with Gasteiger partial charge in [0.25, 0.3) is 0 Å². The Hall–Kier alpha value is -1.97. The van der Waals surface area contributed by atoms with Gasteiger partial charge in [0.1, 0.15) is 0 Å². The third kappa shape index (κ3) is 31.1. The van der Waals surface area contributed by atoms with Crippen LogP contribution in [0.2, 0.25) is 0 Å². The van der Waals surface area contributed by atoms with Crippen LogP contribution in [0.15, 0.2) is 0 Å². The molecule has 0 N–H and O–H groups in total. The molecule has 0 saturated heterocycles. The molecule has 0 saturated carbocycles. The van der Waals surface area contributed by atoms with E-state index in [0.29, 0.717) is 92.5 Å². The molecule has 0 aromatic heterocycles.